The number of benzene rings is 2. The van der Waals surface area contributed by atoms with Crippen LogP contribution in [0.15, 0.2) is 71.0 Å². The molecule has 10 nitrogen and oxygen atoms in total. The van der Waals surface area contributed by atoms with Crippen molar-refractivity contribution in [1.29, 1.82) is 0 Å². The standard InChI is InChI=1S/C25H29N3O3S.C22H24F2N2O2S.C2H6/c1-2-23(29)28(21-12-10-20(11-13-21)27-14-16-31-17-15-27)24(22-9-6-18-32-22)25(30)26-19-7-4-3-5-8-19;1-3-20(27)26(18-10-9-15(23)12-17(18)24)21(19-11-14(2)13-29-19)22(28)25-16-7-5-4-6-8-16;1-2/h1,6,9-13,18-19,24H,3-5,7-8,14-17H2,(H,26,30);1,9-12,14,16,21H,4-8,13H2,2H3,(H,25,28);1-2H3. The highest BCUT2D eigenvalue weighted by Gasteiger charge is 2.38. The second-order valence-electron chi connectivity index (χ2n) is 15.7. The fraction of sp³-hybridized carbons (Fsp3) is 0.469. The van der Waals surface area contributed by atoms with E-state index in [0.717, 1.165) is 104 Å². The lowest BCUT2D eigenvalue weighted by Gasteiger charge is -2.32. The van der Waals surface area contributed by atoms with E-state index in [1.54, 1.807) is 0 Å². The van der Waals surface area contributed by atoms with Gasteiger partial charge in [-0.3, -0.25) is 29.0 Å². The number of amides is 4. The van der Waals surface area contributed by atoms with Gasteiger partial charge in [-0.1, -0.05) is 71.4 Å². The minimum atomic E-state index is -1.09. The number of nitrogens with zero attached hydrogens (tertiary/aromatic N) is 3. The molecule has 7 rings (SSSR count). The zero-order valence-corrected chi connectivity index (χ0v) is 38.1. The highest BCUT2D eigenvalue weighted by Crippen LogP contribution is 2.37. The number of thiophene rings is 1. The van der Waals surface area contributed by atoms with Crippen LogP contribution < -0.4 is 25.3 Å². The van der Waals surface area contributed by atoms with Crippen LogP contribution in [0, 0.1) is 42.2 Å². The molecular formula is C49H59F2N5O5S2. The van der Waals surface area contributed by atoms with Gasteiger partial charge in [-0.15, -0.1) is 35.9 Å². The van der Waals surface area contributed by atoms with Gasteiger partial charge in [-0.2, -0.15) is 0 Å². The lowest BCUT2D eigenvalue weighted by Crippen LogP contribution is -2.53. The third-order valence-corrected chi connectivity index (χ3v) is 13.6. The van der Waals surface area contributed by atoms with E-state index in [-0.39, 0.29) is 29.6 Å². The van der Waals surface area contributed by atoms with E-state index in [1.165, 1.54) is 34.4 Å². The smallest absolute Gasteiger partial charge is 0.303 e. The first-order chi connectivity index (χ1) is 30.6. The summed E-state index contributed by atoms with van der Waals surface area (Å²) in [5.41, 5.74) is 1.46. The number of carbonyl (C=O) groups excluding carboxylic acids is 4. The van der Waals surface area contributed by atoms with Gasteiger partial charge in [0.05, 0.1) is 18.9 Å². The Balaban J connectivity index is 0.000000230. The lowest BCUT2D eigenvalue weighted by atomic mass is 9.95. The van der Waals surface area contributed by atoms with Gasteiger partial charge >= 0.3 is 11.8 Å². The monoisotopic (exact) mass is 899 g/mol. The molecule has 2 N–H and O–H groups in total. The molecule has 3 aromatic rings. The number of terminal acetylenes is 2. The normalized spacial score (nSPS) is 18.6. The van der Waals surface area contributed by atoms with Gasteiger partial charge < -0.3 is 20.3 Å². The van der Waals surface area contributed by atoms with E-state index < -0.39 is 41.4 Å². The molecule has 2 aromatic carbocycles. The number of ether oxygens (including phenoxy) is 1. The van der Waals surface area contributed by atoms with Crippen LogP contribution in [0.2, 0.25) is 0 Å². The molecule has 14 heteroatoms. The summed E-state index contributed by atoms with van der Waals surface area (Å²) in [5.74, 6) is 1.52. The number of rotatable bonds is 11. The quantitative estimate of drug-likeness (QED) is 0.185. The molecule has 3 unspecified atom stereocenters. The van der Waals surface area contributed by atoms with Crippen molar-refractivity contribution < 1.29 is 32.7 Å². The summed E-state index contributed by atoms with van der Waals surface area (Å²) in [6.45, 7) is 9.06. The molecule has 3 fully saturated rings. The van der Waals surface area contributed by atoms with Crippen molar-refractivity contribution in [2.75, 3.05) is 46.8 Å². The van der Waals surface area contributed by atoms with Gasteiger partial charge in [-0.05, 0) is 91.3 Å². The molecule has 1 aromatic heterocycles. The first-order valence-electron chi connectivity index (χ1n) is 22.0. The van der Waals surface area contributed by atoms with E-state index >= 15 is 0 Å². The fourth-order valence-corrected chi connectivity index (χ4v) is 10.3. The van der Waals surface area contributed by atoms with Crippen LogP contribution in [0.4, 0.5) is 25.8 Å². The van der Waals surface area contributed by atoms with Crippen molar-refractivity contribution in [3.05, 3.63) is 87.5 Å². The van der Waals surface area contributed by atoms with Gasteiger partial charge in [0.1, 0.15) is 17.7 Å². The zero-order chi connectivity index (χ0) is 45.3. The number of allylic oxidation sites excluding steroid dienone is 1. The maximum absolute atomic E-state index is 14.6. The van der Waals surface area contributed by atoms with E-state index in [9.17, 15) is 28.0 Å². The van der Waals surface area contributed by atoms with Crippen molar-refractivity contribution in [1.82, 2.24) is 10.6 Å². The maximum Gasteiger partial charge on any atom is 0.303 e. The van der Waals surface area contributed by atoms with Crippen LogP contribution in [0.3, 0.4) is 0 Å². The Morgan fingerprint density at radius 1 is 0.794 bits per heavy atom. The van der Waals surface area contributed by atoms with Gasteiger partial charge in [0, 0.05) is 58.1 Å². The largest absolute Gasteiger partial charge is 0.378 e. The molecule has 63 heavy (non-hydrogen) atoms. The fourth-order valence-electron chi connectivity index (χ4n) is 8.23. The number of halogens is 2. The lowest BCUT2D eigenvalue weighted by molar-refractivity contribution is -0.125. The van der Waals surface area contributed by atoms with Crippen molar-refractivity contribution in [2.45, 2.75) is 109 Å². The number of anilines is 3. The predicted molar refractivity (Wildman–Crippen MR) is 250 cm³/mol. The molecule has 1 saturated heterocycles. The van der Waals surface area contributed by atoms with Gasteiger partial charge in [0.25, 0.3) is 0 Å². The van der Waals surface area contributed by atoms with Crippen LogP contribution in [-0.2, 0) is 23.9 Å². The molecule has 3 heterocycles. The Hall–Kier alpha value is -5.15. The molecular weight excluding hydrogens is 841 g/mol. The third-order valence-electron chi connectivity index (χ3n) is 11.3. The molecule has 0 radical (unpaired) electrons. The van der Waals surface area contributed by atoms with E-state index in [0.29, 0.717) is 29.9 Å². The van der Waals surface area contributed by atoms with Crippen molar-refractivity contribution in [2.24, 2.45) is 5.92 Å². The number of nitrogens with one attached hydrogen (secondary N) is 2. The van der Waals surface area contributed by atoms with Crippen molar-refractivity contribution >= 4 is 63.8 Å². The van der Waals surface area contributed by atoms with Gasteiger partial charge in [-0.25, -0.2) is 8.78 Å². The summed E-state index contributed by atoms with van der Waals surface area (Å²) in [4.78, 5) is 58.4. The highest BCUT2D eigenvalue weighted by molar-refractivity contribution is 8.03. The number of morpholine rings is 1. The summed E-state index contributed by atoms with van der Waals surface area (Å²) in [6.07, 6.45) is 23.1. The first-order valence-corrected chi connectivity index (χ1v) is 23.9. The van der Waals surface area contributed by atoms with E-state index in [4.69, 9.17) is 17.6 Å². The summed E-state index contributed by atoms with van der Waals surface area (Å²) in [5, 5.41) is 8.11. The van der Waals surface area contributed by atoms with E-state index in [2.05, 4.69) is 21.5 Å². The molecule has 2 aliphatic carbocycles. The molecule has 2 saturated carbocycles. The van der Waals surface area contributed by atoms with Crippen molar-refractivity contribution in [3.8, 4) is 24.7 Å². The number of hydrogen-bond acceptors (Lipinski definition) is 8. The maximum atomic E-state index is 14.6. The summed E-state index contributed by atoms with van der Waals surface area (Å²) in [6, 6.07) is 12.6. The van der Waals surface area contributed by atoms with Crippen LogP contribution in [0.1, 0.15) is 95.9 Å². The van der Waals surface area contributed by atoms with Crippen molar-refractivity contribution in [3.63, 3.8) is 0 Å². The second kappa shape index (κ2) is 24.6. The topological polar surface area (TPSA) is 111 Å². The number of thioether (sulfide) groups is 1. The molecule has 0 spiro atoms. The van der Waals surface area contributed by atoms with Gasteiger partial charge in [0.2, 0.25) is 11.8 Å². The van der Waals surface area contributed by atoms with Crippen LogP contribution >= 0.6 is 23.1 Å². The molecule has 3 atom stereocenters. The van der Waals surface area contributed by atoms with Crippen LogP contribution in [0.5, 0.6) is 0 Å². The third kappa shape index (κ3) is 13.2. The average Bonchev–Trinajstić information content (AvgIpc) is 4.01. The Kier molecular flexibility index (Phi) is 19.1. The summed E-state index contributed by atoms with van der Waals surface area (Å²) in [7, 11) is 0. The Bertz CT molecular complexity index is 2100. The Morgan fingerprint density at radius 2 is 1.37 bits per heavy atom. The molecule has 4 amide bonds. The minimum Gasteiger partial charge on any atom is -0.378 e. The summed E-state index contributed by atoms with van der Waals surface area (Å²) < 4.78 is 33.4. The molecule has 4 aliphatic rings. The average molecular weight is 900 g/mol. The summed E-state index contributed by atoms with van der Waals surface area (Å²) >= 11 is 2.90. The first kappa shape index (κ1) is 48.9. The highest BCUT2D eigenvalue weighted by atomic mass is 32.2. The van der Waals surface area contributed by atoms with E-state index in [1.807, 2.05) is 74.5 Å². The molecule has 336 valence electrons. The number of carbonyl (C=O) groups is 4. The number of hydrogen-bond donors (Lipinski definition) is 2. The zero-order valence-electron chi connectivity index (χ0n) is 36.5. The Morgan fingerprint density at radius 3 is 1.87 bits per heavy atom. The molecule has 0 bridgehead atoms. The minimum absolute atomic E-state index is 0.0176. The van der Waals surface area contributed by atoms with Crippen LogP contribution in [0.25, 0.3) is 0 Å². The second-order valence-corrected chi connectivity index (χ2v) is 17.8. The SMILES string of the molecule is C#CC(=O)N(c1ccc(F)cc1F)C(C(=O)NC1CCCCC1)C1=CC(C)CS1.C#CC(=O)N(c1ccc(N2CCOCC2)cc1)C(C(=O)NC1CCCCC1)c1cccs1.CC. The van der Waals surface area contributed by atoms with Crippen LogP contribution in [-0.4, -0.2) is 73.8 Å². The molecule has 2 aliphatic heterocycles. The predicted octanol–water partition coefficient (Wildman–Crippen LogP) is 8.78. The van der Waals surface area contributed by atoms with Gasteiger partial charge in [0.15, 0.2) is 6.04 Å². The Labute approximate surface area is 379 Å².